The van der Waals surface area contributed by atoms with E-state index in [4.69, 9.17) is 11.6 Å². The highest BCUT2D eigenvalue weighted by Crippen LogP contribution is 2.27. The first-order valence-corrected chi connectivity index (χ1v) is 4.95. The SMILES string of the molecule is Cc1c(Cl)c2c(F)cc(F)cc2n(C)c1=O. The topological polar surface area (TPSA) is 22.0 Å². The van der Waals surface area contributed by atoms with Crippen molar-refractivity contribution < 1.29 is 8.78 Å². The first-order valence-electron chi connectivity index (χ1n) is 4.57. The van der Waals surface area contributed by atoms with Crippen molar-refractivity contribution in [3.63, 3.8) is 0 Å². The van der Waals surface area contributed by atoms with Gasteiger partial charge in [-0.25, -0.2) is 8.78 Å². The summed E-state index contributed by atoms with van der Waals surface area (Å²) in [5, 5.41) is 0.110. The van der Waals surface area contributed by atoms with Crippen LogP contribution in [0.3, 0.4) is 0 Å². The van der Waals surface area contributed by atoms with E-state index >= 15 is 0 Å². The van der Waals surface area contributed by atoms with Crippen molar-refractivity contribution in [3.8, 4) is 0 Å². The number of fused-ring (bicyclic) bond motifs is 1. The molecule has 2 aromatic rings. The summed E-state index contributed by atoms with van der Waals surface area (Å²) in [6, 6.07) is 1.84. The Hall–Kier alpha value is -1.42. The van der Waals surface area contributed by atoms with Crippen LogP contribution in [0.15, 0.2) is 16.9 Å². The Morgan fingerprint density at radius 1 is 1.31 bits per heavy atom. The van der Waals surface area contributed by atoms with Crippen LogP contribution in [0.5, 0.6) is 0 Å². The molecule has 0 aliphatic heterocycles. The Bertz CT molecular complexity index is 649. The summed E-state index contributed by atoms with van der Waals surface area (Å²) in [5.74, 6) is -1.50. The molecule has 16 heavy (non-hydrogen) atoms. The minimum atomic E-state index is -0.765. The summed E-state index contributed by atoms with van der Waals surface area (Å²) < 4.78 is 27.8. The summed E-state index contributed by atoms with van der Waals surface area (Å²) in [4.78, 5) is 11.7. The van der Waals surface area contributed by atoms with Gasteiger partial charge in [-0.1, -0.05) is 11.6 Å². The lowest BCUT2D eigenvalue weighted by Crippen LogP contribution is -2.20. The van der Waals surface area contributed by atoms with Gasteiger partial charge in [-0.05, 0) is 13.0 Å². The highest BCUT2D eigenvalue weighted by molar-refractivity contribution is 6.36. The fraction of sp³-hybridized carbons (Fsp3) is 0.182. The number of nitrogens with zero attached hydrogens (tertiary/aromatic N) is 1. The van der Waals surface area contributed by atoms with E-state index < -0.39 is 11.6 Å². The molecule has 0 aliphatic rings. The molecule has 1 aromatic carbocycles. The van der Waals surface area contributed by atoms with Gasteiger partial charge in [0.1, 0.15) is 11.6 Å². The molecule has 0 saturated carbocycles. The van der Waals surface area contributed by atoms with Gasteiger partial charge < -0.3 is 4.57 Å². The average Bonchev–Trinajstić information content (AvgIpc) is 2.22. The zero-order chi connectivity index (χ0) is 12.0. The Balaban J connectivity index is 3.15. The minimum absolute atomic E-state index is 0.0376. The predicted molar refractivity (Wildman–Crippen MR) is 58.9 cm³/mol. The second-order valence-electron chi connectivity index (χ2n) is 3.58. The van der Waals surface area contributed by atoms with E-state index in [0.29, 0.717) is 0 Å². The van der Waals surface area contributed by atoms with E-state index in [1.165, 1.54) is 18.5 Å². The van der Waals surface area contributed by atoms with Gasteiger partial charge in [0.2, 0.25) is 0 Å². The zero-order valence-corrected chi connectivity index (χ0v) is 9.40. The van der Waals surface area contributed by atoms with Gasteiger partial charge in [0.25, 0.3) is 5.56 Å². The normalized spacial score (nSPS) is 11.1. The number of hydrogen-bond acceptors (Lipinski definition) is 1. The largest absolute Gasteiger partial charge is 0.311 e. The van der Waals surface area contributed by atoms with Crippen LogP contribution in [-0.4, -0.2) is 4.57 Å². The highest BCUT2D eigenvalue weighted by atomic mass is 35.5. The fourth-order valence-electron chi connectivity index (χ4n) is 1.68. The van der Waals surface area contributed by atoms with Gasteiger partial charge in [-0.15, -0.1) is 0 Å². The third kappa shape index (κ3) is 1.41. The van der Waals surface area contributed by atoms with E-state index in [9.17, 15) is 13.6 Å². The van der Waals surface area contributed by atoms with Crippen molar-refractivity contribution in [2.75, 3.05) is 0 Å². The molecule has 0 atom stereocenters. The van der Waals surface area contributed by atoms with Gasteiger partial charge in [0.05, 0.1) is 15.9 Å². The number of benzene rings is 1. The van der Waals surface area contributed by atoms with Crippen LogP contribution < -0.4 is 5.56 Å². The maximum atomic E-state index is 13.6. The predicted octanol–water partition coefficient (Wildman–Crippen LogP) is 2.78. The molecule has 84 valence electrons. The van der Waals surface area contributed by atoms with Crippen LogP contribution in [0.25, 0.3) is 10.9 Å². The van der Waals surface area contributed by atoms with Gasteiger partial charge in [-0.2, -0.15) is 0 Å². The average molecular weight is 244 g/mol. The third-order valence-corrected chi connectivity index (χ3v) is 3.04. The lowest BCUT2D eigenvalue weighted by atomic mass is 10.1. The van der Waals surface area contributed by atoms with Crippen molar-refractivity contribution in [2.45, 2.75) is 6.92 Å². The quantitative estimate of drug-likeness (QED) is 0.697. The van der Waals surface area contributed by atoms with E-state index in [2.05, 4.69) is 0 Å². The molecule has 1 heterocycles. The number of hydrogen-bond donors (Lipinski definition) is 0. The van der Waals surface area contributed by atoms with E-state index in [0.717, 1.165) is 12.1 Å². The molecule has 0 spiro atoms. The molecule has 0 bridgehead atoms. The summed E-state index contributed by atoms with van der Waals surface area (Å²) in [7, 11) is 1.45. The number of pyridine rings is 1. The van der Waals surface area contributed by atoms with Crippen LogP contribution in [0.1, 0.15) is 5.56 Å². The molecule has 0 amide bonds. The molecule has 0 N–H and O–H groups in total. The van der Waals surface area contributed by atoms with Crippen LogP contribution in [-0.2, 0) is 7.05 Å². The summed E-state index contributed by atoms with van der Waals surface area (Å²) in [6.45, 7) is 1.51. The Labute approximate surface area is 95.1 Å². The highest BCUT2D eigenvalue weighted by Gasteiger charge is 2.15. The lowest BCUT2D eigenvalue weighted by Gasteiger charge is -2.10. The van der Waals surface area contributed by atoms with Crippen molar-refractivity contribution in [3.05, 3.63) is 44.7 Å². The smallest absolute Gasteiger partial charge is 0.255 e. The van der Waals surface area contributed by atoms with Gasteiger partial charge in [-0.3, -0.25) is 4.79 Å². The number of rotatable bonds is 0. The second kappa shape index (κ2) is 3.56. The van der Waals surface area contributed by atoms with Gasteiger partial charge in [0, 0.05) is 18.7 Å². The standard InChI is InChI=1S/C11H8ClF2NO/c1-5-10(12)9-7(14)3-6(13)4-8(9)15(2)11(5)16/h3-4H,1-2H3. The Morgan fingerprint density at radius 2 is 1.94 bits per heavy atom. The molecular formula is C11H8ClF2NO. The number of aryl methyl sites for hydroxylation is 1. The van der Waals surface area contributed by atoms with E-state index in [1.54, 1.807) is 0 Å². The molecule has 2 nitrogen and oxygen atoms in total. The maximum absolute atomic E-state index is 13.6. The van der Waals surface area contributed by atoms with Crippen molar-refractivity contribution in [1.82, 2.24) is 4.57 Å². The summed E-state index contributed by atoms with van der Waals surface area (Å²) >= 11 is 5.89. The second-order valence-corrected chi connectivity index (χ2v) is 3.96. The molecule has 5 heteroatoms. The summed E-state index contributed by atoms with van der Waals surface area (Å²) in [6.07, 6.45) is 0. The molecule has 0 fully saturated rings. The maximum Gasteiger partial charge on any atom is 0.255 e. The van der Waals surface area contributed by atoms with Crippen LogP contribution in [0.4, 0.5) is 8.78 Å². The van der Waals surface area contributed by atoms with E-state index in [-0.39, 0.29) is 27.0 Å². The number of halogens is 3. The molecule has 0 unspecified atom stereocenters. The van der Waals surface area contributed by atoms with Crippen LogP contribution >= 0.6 is 11.6 Å². The third-order valence-electron chi connectivity index (χ3n) is 2.57. The molecule has 0 saturated heterocycles. The Kier molecular flexibility index (Phi) is 2.46. The van der Waals surface area contributed by atoms with Gasteiger partial charge in [0.15, 0.2) is 0 Å². The van der Waals surface area contributed by atoms with Crippen LogP contribution in [0, 0.1) is 18.6 Å². The minimum Gasteiger partial charge on any atom is -0.311 e. The zero-order valence-electron chi connectivity index (χ0n) is 8.64. The molecule has 0 aliphatic carbocycles. The first-order chi connectivity index (χ1) is 7.43. The number of aromatic nitrogens is 1. The monoisotopic (exact) mass is 243 g/mol. The summed E-state index contributed by atoms with van der Waals surface area (Å²) in [5.41, 5.74) is 0.0442. The van der Waals surface area contributed by atoms with Crippen molar-refractivity contribution >= 4 is 22.5 Å². The molecule has 2 rings (SSSR count). The Morgan fingerprint density at radius 3 is 2.56 bits per heavy atom. The van der Waals surface area contributed by atoms with E-state index in [1.807, 2.05) is 0 Å². The first kappa shape index (κ1) is 11.1. The molecular weight excluding hydrogens is 236 g/mol. The van der Waals surface area contributed by atoms with Crippen LogP contribution in [0.2, 0.25) is 5.02 Å². The van der Waals surface area contributed by atoms with Crippen molar-refractivity contribution in [2.24, 2.45) is 7.05 Å². The lowest BCUT2D eigenvalue weighted by molar-refractivity contribution is 0.590. The van der Waals surface area contributed by atoms with Gasteiger partial charge >= 0.3 is 0 Å². The van der Waals surface area contributed by atoms with Crippen molar-refractivity contribution in [1.29, 1.82) is 0 Å². The molecule has 1 aromatic heterocycles. The fourth-order valence-corrected chi connectivity index (χ4v) is 1.95. The molecule has 0 radical (unpaired) electrons.